The maximum Gasteiger partial charge on any atom is 0.319 e. The molecule has 2 atom stereocenters. The summed E-state index contributed by atoms with van der Waals surface area (Å²) in [5, 5.41) is 6.85. The van der Waals surface area contributed by atoms with Gasteiger partial charge in [0.2, 0.25) is 0 Å². The van der Waals surface area contributed by atoms with E-state index in [1.807, 2.05) is 29.2 Å². The third kappa shape index (κ3) is 4.44. The van der Waals surface area contributed by atoms with Gasteiger partial charge >= 0.3 is 6.03 Å². The lowest BCUT2D eigenvalue weighted by atomic mass is 10.0. The maximum absolute atomic E-state index is 13.1. The summed E-state index contributed by atoms with van der Waals surface area (Å²) in [4.78, 5) is 35.1. The zero-order valence-corrected chi connectivity index (χ0v) is 18.1. The van der Waals surface area contributed by atoms with Gasteiger partial charge in [-0.05, 0) is 65.1 Å². The minimum Gasteiger partial charge on any atom is -0.350 e. The number of benzene rings is 1. The molecule has 0 saturated carbocycles. The van der Waals surface area contributed by atoms with Crippen LogP contribution in [0.2, 0.25) is 0 Å². The van der Waals surface area contributed by atoms with Crippen LogP contribution in [0.5, 0.6) is 0 Å². The van der Waals surface area contributed by atoms with Crippen molar-refractivity contribution in [2.45, 2.75) is 31.3 Å². The molecule has 0 aliphatic carbocycles. The number of hydrogen-bond acceptors (Lipinski definition) is 4. The number of piperidine rings is 1. The first-order valence-corrected chi connectivity index (χ1v) is 10.7. The number of H-pyrrole nitrogens is 1. The molecule has 3 amide bonds. The lowest BCUT2D eigenvalue weighted by molar-refractivity contribution is 0.0630. The van der Waals surface area contributed by atoms with E-state index in [4.69, 9.17) is 0 Å². The molecule has 30 heavy (non-hydrogen) atoms. The molecule has 162 valence electrons. The Balaban J connectivity index is 1.47. The topological polar surface area (TPSA) is 83.7 Å². The predicted molar refractivity (Wildman–Crippen MR) is 119 cm³/mol. The van der Waals surface area contributed by atoms with Crippen LogP contribution in [-0.4, -0.2) is 91.0 Å². The fourth-order valence-corrected chi connectivity index (χ4v) is 4.51. The summed E-state index contributed by atoms with van der Waals surface area (Å²) in [5.74, 6) is 0.0159. The molecule has 8 heteroatoms. The fourth-order valence-electron chi connectivity index (χ4n) is 4.51. The van der Waals surface area contributed by atoms with Crippen molar-refractivity contribution in [2.75, 3.05) is 52.6 Å². The van der Waals surface area contributed by atoms with Gasteiger partial charge in [0.1, 0.15) is 5.69 Å². The molecule has 0 spiro atoms. The molecule has 2 aliphatic rings. The molecule has 0 bridgehead atoms. The highest BCUT2D eigenvalue weighted by Gasteiger charge is 2.27. The van der Waals surface area contributed by atoms with Crippen molar-refractivity contribution in [3.8, 4) is 0 Å². The number of anilines is 1. The van der Waals surface area contributed by atoms with Gasteiger partial charge < -0.3 is 30.3 Å². The van der Waals surface area contributed by atoms with Gasteiger partial charge in [0.25, 0.3) is 5.91 Å². The standard InChI is InChI=1S/C22H32N6O2/c1-26(2)16-6-5-10-28(14-16)21(29)20-12-17-18(24-20)7-4-8-19(17)25-22(30)23-15-9-11-27(3)13-15/h4,7-8,12,15-16,24H,5-6,9-11,13-14H2,1-3H3,(H2,23,25,30). The second-order valence-corrected chi connectivity index (χ2v) is 8.81. The highest BCUT2D eigenvalue weighted by Crippen LogP contribution is 2.26. The summed E-state index contributed by atoms with van der Waals surface area (Å²) in [7, 11) is 6.18. The van der Waals surface area contributed by atoms with Crippen LogP contribution in [0.3, 0.4) is 0 Å². The van der Waals surface area contributed by atoms with Crippen LogP contribution >= 0.6 is 0 Å². The number of likely N-dealkylation sites (N-methyl/N-ethyl adjacent to an activating group) is 2. The number of rotatable bonds is 4. The number of amides is 3. The largest absolute Gasteiger partial charge is 0.350 e. The molecule has 2 unspecified atom stereocenters. The van der Waals surface area contributed by atoms with Gasteiger partial charge in [0, 0.05) is 42.6 Å². The number of fused-ring (bicyclic) bond motifs is 1. The van der Waals surface area contributed by atoms with Gasteiger partial charge in [-0.1, -0.05) is 6.07 Å². The molecule has 2 fully saturated rings. The van der Waals surface area contributed by atoms with Crippen LogP contribution in [0.4, 0.5) is 10.5 Å². The summed E-state index contributed by atoms with van der Waals surface area (Å²) < 4.78 is 0. The molecule has 2 aliphatic heterocycles. The van der Waals surface area contributed by atoms with Crippen LogP contribution in [0.1, 0.15) is 29.8 Å². The van der Waals surface area contributed by atoms with Gasteiger partial charge in [-0.3, -0.25) is 4.79 Å². The van der Waals surface area contributed by atoms with Crippen molar-refractivity contribution in [1.29, 1.82) is 0 Å². The Hall–Kier alpha value is -2.58. The molecule has 2 aromatic rings. The van der Waals surface area contributed by atoms with Crippen molar-refractivity contribution >= 4 is 28.5 Å². The van der Waals surface area contributed by atoms with E-state index in [9.17, 15) is 9.59 Å². The average molecular weight is 413 g/mol. The number of aromatic nitrogens is 1. The second kappa shape index (κ2) is 8.65. The Bertz CT molecular complexity index is 923. The third-order valence-electron chi connectivity index (χ3n) is 6.28. The molecule has 3 heterocycles. The first kappa shape index (κ1) is 20.7. The van der Waals surface area contributed by atoms with Gasteiger partial charge in [-0.15, -0.1) is 0 Å². The number of urea groups is 1. The van der Waals surface area contributed by atoms with E-state index in [1.165, 1.54) is 0 Å². The van der Waals surface area contributed by atoms with Gasteiger partial charge in [0.05, 0.1) is 5.69 Å². The predicted octanol–water partition coefficient (Wildman–Crippen LogP) is 2.16. The third-order valence-corrected chi connectivity index (χ3v) is 6.28. The van der Waals surface area contributed by atoms with Crippen LogP contribution in [0.25, 0.3) is 10.9 Å². The second-order valence-electron chi connectivity index (χ2n) is 8.81. The Morgan fingerprint density at radius 1 is 1.17 bits per heavy atom. The van der Waals surface area contributed by atoms with E-state index in [2.05, 4.69) is 46.6 Å². The maximum atomic E-state index is 13.1. The molecular formula is C22H32N6O2. The van der Waals surface area contributed by atoms with Crippen LogP contribution < -0.4 is 10.6 Å². The summed E-state index contributed by atoms with van der Waals surface area (Å²) in [6.07, 6.45) is 3.09. The number of nitrogens with one attached hydrogen (secondary N) is 3. The van der Waals surface area contributed by atoms with Crippen molar-refractivity contribution in [2.24, 2.45) is 0 Å². The van der Waals surface area contributed by atoms with E-state index in [0.717, 1.165) is 56.3 Å². The van der Waals surface area contributed by atoms with Crippen LogP contribution in [0.15, 0.2) is 24.3 Å². The monoisotopic (exact) mass is 412 g/mol. The summed E-state index contributed by atoms with van der Waals surface area (Å²) in [6.45, 7) is 3.38. The van der Waals surface area contributed by atoms with Crippen LogP contribution in [0, 0.1) is 0 Å². The molecule has 0 radical (unpaired) electrons. The van der Waals surface area contributed by atoms with Crippen LogP contribution in [-0.2, 0) is 0 Å². The zero-order chi connectivity index (χ0) is 21.3. The van der Waals surface area contributed by atoms with E-state index in [0.29, 0.717) is 17.4 Å². The lowest BCUT2D eigenvalue weighted by Crippen LogP contribution is -2.47. The number of nitrogens with zero attached hydrogens (tertiary/aromatic N) is 3. The normalized spacial score (nSPS) is 22.6. The van der Waals surface area contributed by atoms with Crippen molar-refractivity contribution in [3.05, 3.63) is 30.0 Å². The van der Waals surface area contributed by atoms with E-state index >= 15 is 0 Å². The number of hydrogen-bond donors (Lipinski definition) is 3. The number of aromatic amines is 1. The Labute approximate surface area is 177 Å². The van der Waals surface area contributed by atoms with E-state index in [-0.39, 0.29) is 18.0 Å². The fraction of sp³-hybridized carbons (Fsp3) is 0.545. The summed E-state index contributed by atoms with van der Waals surface area (Å²) in [5.41, 5.74) is 2.12. The van der Waals surface area contributed by atoms with Crippen molar-refractivity contribution in [1.82, 2.24) is 25.0 Å². The molecular weight excluding hydrogens is 380 g/mol. The minimum atomic E-state index is -0.207. The molecule has 2 saturated heterocycles. The summed E-state index contributed by atoms with van der Waals surface area (Å²) in [6, 6.07) is 7.89. The number of carbonyl (C=O) groups is 2. The summed E-state index contributed by atoms with van der Waals surface area (Å²) >= 11 is 0. The highest BCUT2D eigenvalue weighted by molar-refractivity contribution is 6.05. The Morgan fingerprint density at radius 3 is 2.73 bits per heavy atom. The average Bonchev–Trinajstić information content (AvgIpc) is 3.34. The SMILES string of the molecule is CN1CCC(NC(=O)Nc2cccc3[nH]c(C(=O)N4CCCC(N(C)C)C4)cc23)C1. The quantitative estimate of drug-likeness (QED) is 0.719. The highest BCUT2D eigenvalue weighted by atomic mass is 16.2. The minimum absolute atomic E-state index is 0.0159. The number of carbonyl (C=O) groups excluding carboxylic acids is 2. The molecule has 1 aromatic carbocycles. The lowest BCUT2D eigenvalue weighted by Gasteiger charge is -2.35. The van der Waals surface area contributed by atoms with E-state index < -0.39 is 0 Å². The number of likely N-dealkylation sites (tertiary alicyclic amines) is 2. The van der Waals surface area contributed by atoms with Gasteiger partial charge in [-0.2, -0.15) is 0 Å². The first-order chi connectivity index (χ1) is 14.4. The Morgan fingerprint density at radius 2 is 2.00 bits per heavy atom. The van der Waals surface area contributed by atoms with Gasteiger partial charge in [0.15, 0.2) is 0 Å². The Kier molecular flexibility index (Phi) is 5.97. The first-order valence-electron chi connectivity index (χ1n) is 10.7. The van der Waals surface area contributed by atoms with E-state index in [1.54, 1.807) is 0 Å². The zero-order valence-electron chi connectivity index (χ0n) is 18.1. The smallest absolute Gasteiger partial charge is 0.319 e. The van der Waals surface area contributed by atoms with Crippen molar-refractivity contribution < 1.29 is 9.59 Å². The molecule has 4 rings (SSSR count). The molecule has 1 aromatic heterocycles. The molecule has 8 nitrogen and oxygen atoms in total. The van der Waals surface area contributed by atoms with Crippen molar-refractivity contribution in [3.63, 3.8) is 0 Å². The molecule has 3 N–H and O–H groups in total. The van der Waals surface area contributed by atoms with Gasteiger partial charge in [-0.25, -0.2) is 4.79 Å².